The van der Waals surface area contributed by atoms with Crippen LogP contribution in [-0.4, -0.2) is 0 Å². The summed E-state index contributed by atoms with van der Waals surface area (Å²) >= 11 is 3.59. The molecule has 0 spiro atoms. The molecule has 0 bridgehead atoms. The largest absolute Gasteiger partial charge is 0.0979 e. The summed E-state index contributed by atoms with van der Waals surface area (Å²) in [5.74, 6) is 6.63. The van der Waals surface area contributed by atoms with E-state index in [1.807, 2.05) is 0 Å². The number of hydrogen-bond acceptors (Lipinski definition) is 0. The second-order valence-corrected chi connectivity index (χ2v) is 5.44. The van der Waals surface area contributed by atoms with Crippen LogP contribution in [0.5, 0.6) is 0 Å². The molecule has 1 aromatic carbocycles. The van der Waals surface area contributed by atoms with Crippen molar-refractivity contribution in [3.63, 3.8) is 0 Å². The first-order valence-electron chi connectivity index (χ1n) is 7.05. The highest BCUT2D eigenvalue weighted by Crippen LogP contribution is 2.20. The van der Waals surface area contributed by atoms with E-state index in [2.05, 4.69) is 59.8 Å². The molecule has 0 unspecified atom stereocenters. The van der Waals surface area contributed by atoms with E-state index in [-0.39, 0.29) is 0 Å². The van der Waals surface area contributed by atoms with Gasteiger partial charge in [0.2, 0.25) is 0 Å². The molecule has 18 heavy (non-hydrogen) atoms. The minimum atomic E-state index is 1.03. The van der Waals surface area contributed by atoms with Gasteiger partial charge in [-0.2, -0.15) is 0 Å². The van der Waals surface area contributed by atoms with Crippen LogP contribution in [-0.2, 0) is 6.42 Å². The minimum absolute atomic E-state index is 1.03. The van der Waals surface area contributed by atoms with E-state index in [0.717, 1.165) is 12.8 Å². The summed E-state index contributed by atoms with van der Waals surface area (Å²) in [5, 5.41) is 0. The molecule has 0 saturated heterocycles. The molecule has 0 aromatic heterocycles. The molecule has 0 aliphatic carbocycles. The fourth-order valence-corrected chi connectivity index (χ4v) is 2.66. The first-order valence-corrected chi connectivity index (χ1v) is 7.85. The van der Waals surface area contributed by atoms with Gasteiger partial charge < -0.3 is 0 Å². The number of benzene rings is 1. The zero-order valence-corrected chi connectivity index (χ0v) is 13.1. The molecular formula is C17H23Br. The summed E-state index contributed by atoms with van der Waals surface area (Å²) < 4.78 is 1.18. The Morgan fingerprint density at radius 3 is 2.56 bits per heavy atom. The van der Waals surface area contributed by atoms with E-state index in [1.54, 1.807) is 0 Å². The highest BCUT2D eigenvalue weighted by atomic mass is 79.9. The van der Waals surface area contributed by atoms with Crippen LogP contribution in [0.2, 0.25) is 0 Å². The van der Waals surface area contributed by atoms with Crippen LogP contribution in [0.1, 0.15) is 63.5 Å². The van der Waals surface area contributed by atoms with Crippen molar-refractivity contribution >= 4 is 15.9 Å². The molecule has 0 atom stereocenters. The maximum absolute atomic E-state index is 3.59. The van der Waals surface area contributed by atoms with Gasteiger partial charge in [-0.3, -0.25) is 0 Å². The van der Waals surface area contributed by atoms with E-state index in [1.165, 1.54) is 47.7 Å². The maximum atomic E-state index is 3.59. The third-order valence-electron chi connectivity index (χ3n) is 3.10. The normalized spacial score (nSPS) is 9.94. The fraction of sp³-hybridized carbons (Fsp3) is 0.529. The molecule has 0 radical (unpaired) electrons. The van der Waals surface area contributed by atoms with Gasteiger partial charge in [-0.15, -0.1) is 0 Å². The molecule has 1 heteroatoms. The Kier molecular flexibility index (Phi) is 7.85. The van der Waals surface area contributed by atoms with E-state index in [4.69, 9.17) is 0 Å². The predicted octanol–water partition coefficient (Wildman–Crippen LogP) is 5.72. The Morgan fingerprint density at radius 2 is 1.83 bits per heavy atom. The van der Waals surface area contributed by atoms with Gasteiger partial charge in [0, 0.05) is 16.5 Å². The molecular weight excluding hydrogens is 284 g/mol. The van der Waals surface area contributed by atoms with Crippen molar-refractivity contribution in [1.29, 1.82) is 0 Å². The van der Waals surface area contributed by atoms with Crippen molar-refractivity contribution < 1.29 is 0 Å². The summed E-state index contributed by atoms with van der Waals surface area (Å²) in [5.41, 5.74) is 2.51. The molecule has 1 aromatic rings. The van der Waals surface area contributed by atoms with Gasteiger partial charge in [-0.05, 0) is 30.5 Å². The lowest BCUT2D eigenvalue weighted by Gasteiger charge is -2.03. The molecule has 0 aliphatic rings. The van der Waals surface area contributed by atoms with Crippen LogP contribution < -0.4 is 0 Å². The minimum Gasteiger partial charge on any atom is -0.0979 e. The summed E-state index contributed by atoms with van der Waals surface area (Å²) in [7, 11) is 0. The van der Waals surface area contributed by atoms with Gasteiger partial charge in [0.05, 0.1) is 0 Å². The van der Waals surface area contributed by atoms with Crippen molar-refractivity contribution in [1.82, 2.24) is 0 Å². The lowest BCUT2D eigenvalue weighted by atomic mass is 10.1. The highest BCUT2D eigenvalue weighted by molar-refractivity contribution is 9.10. The van der Waals surface area contributed by atoms with Gasteiger partial charge in [-0.1, -0.05) is 73.4 Å². The van der Waals surface area contributed by atoms with Crippen LogP contribution >= 0.6 is 15.9 Å². The first-order chi connectivity index (χ1) is 8.79. The Hall–Kier alpha value is -0.740. The first kappa shape index (κ1) is 15.3. The topological polar surface area (TPSA) is 0 Å². The Morgan fingerprint density at radius 1 is 1.06 bits per heavy atom. The second-order valence-electron chi connectivity index (χ2n) is 4.59. The number of unbranched alkanes of at least 4 members (excludes halogenated alkanes) is 5. The molecule has 0 fully saturated rings. The second kappa shape index (κ2) is 9.22. The standard InChI is InChI=1S/C17H23Br/c1-3-5-6-7-8-9-10-12-15-13-11-14-17(18)16(15)4-2/h11,13-14H,3-9H2,1-2H3. The lowest BCUT2D eigenvalue weighted by molar-refractivity contribution is 0.641. The Bertz CT molecular complexity index is 409. The maximum Gasteiger partial charge on any atom is 0.0288 e. The van der Waals surface area contributed by atoms with Crippen molar-refractivity contribution in [2.24, 2.45) is 0 Å². The molecule has 0 aliphatic heterocycles. The molecule has 0 amide bonds. The third kappa shape index (κ3) is 5.27. The SMILES string of the molecule is CCCCCCCC#Cc1cccc(Br)c1CC. The van der Waals surface area contributed by atoms with Gasteiger partial charge in [0.1, 0.15) is 0 Å². The van der Waals surface area contributed by atoms with Gasteiger partial charge in [-0.25, -0.2) is 0 Å². The summed E-state index contributed by atoms with van der Waals surface area (Å²) in [6.07, 6.45) is 8.64. The van der Waals surface area contributed by atoms with E-state index >= 15 is 0 Å². The molecule has 0 nitrogen and oxygen atoms in total. The summed E-state index contributed by atoms with van der Waals surface area (Å²) in [6.45, 7) is 4.43. The van der Waals surface area contributed by atoms with Crippen molar-refractivity contribution in [3.05, 3.63) is 33.8 Å². The van der Waals surface area contributed by atoms with Crippen LogP contribution in [0.15, 0.2) is 22.7 Å². The Balaban J connectivity index is 2.45. The number of rotatable bonds is 6. The van der Waals surface area contributed by atoms with Crippen molar-refractivity contribution in [3.8, 4) is 11.8 Å². The molecule has 98 valence electrons. The zero-order chi connectivity index (χ0) is 13.2. The molecule has 0 N–H and O–H groups in total. The highest BCUT2D eigenvalue weighted by Gasteiger charge is 2.01. The number of halogens is 1. The fourth-order valence-electron chi connectivity index (χ4n) is 2.01. The van der Waals surface area contributed by atoms with Gasteiger partial charge in [0.25, 0.3) is 0 Å². The van der Waals surface area contributed by atoms with Crippen molar-refractivity contribution in [2.75, 3.05) is 0 Å². The van der Waals surface area contributed by atoms with Gasteiger partial charge >= 0.3 is 0 Å². The average Bonchev–Trinajstić information content (AvgIpc) is 2.38. The van der Waals surface area contributed by atoms with Crippen LogP contribution in [0.3, 0.4) is 0 Å². The van der Waals surface area contributed by atoms with Crippen molar-refractivity contribution in [2.45, 2.75) is 58.8 Å². The van der Waals surface area contributed by atoms with Gasteiger partial charge in [0.15, 0.2) is 0 Å². The van der Waals surface area contributed by atoms with Crippen LogP contribution in [0.4, 0.5) is 0 Å². The Labute approximate surface area is 120 Å². The molecule has 1 rings (SSSR count). The number of hydrogen-bond donors (Lipinski definition) is 0. The quantitative estimate of drug-likeness (QED) is 0.465. The summed E-state index contributed by atoms with van der Waals surface area (Å²) in [4.78, 5) is 0. The smallest absolute Gasteiger partial charge is 0.0288 e. The van der Waals surface area contributed by atoms with Crippen LogP contribution in [0.25, 0.3) is 0 Å². The average molecular weight is 307 g/mol. The predicted molar refractivity (Wildman–Crippen MR) is 83.8 cm³/mol. The van der Waals surface area contributed by atoms with E-state index < -0.39 is 0 Å². The van der Waals surface area contributed by atoms with E-state index in [9.17, 15) is 0 Å². The monoisotopic (exact) mass is 306 g/mol. The van der Waals surface area contributed by atoms with Crippen LogP contribution in [0, 0.1) is 11.8 Å². The van der Waals surface area contributed by atoms with E-state index in [0.29, 0.717) is 0 Å². The zero-order valence-electron chi connectivity index (χ0n) is 11.6. The third-order valence-corrected chi connectivity index (χ3v) is 3.84. The molecule has 0 saturated carbocycles. The summed E-state index contributed by atoms with van der Waals surface area (Å²) in [6, 6.07) is 6.27. The lowest BCUT2D eigenvalue weighted by Crippen LogP contribution is -1.88. The molecule has 0 heterocycles.